The summed E-state index contributed by atoms with van der Waals surface area (Å²) in [6, 6.07) is 0. The molecule has 0 aromatic heterocycles. The van der Waals surface area contributed by atoms with Gasteiger partial charge < -0.3 is 20.5 Å². The van der Waals surface area contributed by atoms with Crippen LogP contribution < -0.4 is 10.6 Å². The first kappa shape index (κ1) is 22.0. The topological polar surface area (TPSA) is 65.9 Å². The summed E-state index contributed by atoms with van der Waals surface area (Å²) in [7, 11) is 0. The third kappa shape index (κ3) is 7.04. The van der Waals surface area contributed by atoms with Crippen LogP contribution in [0.15, 0.2) is 4.99 Å². The average Bonchev–Trinajstić information content (AvgIpc) is 2.99. The molecule has 1 saturated heterocycles. The maximum atomic E-state index is 9.32. The molecule has 3 atom stereocenters. The molecule has 0 bridgehead atoms. The molecule has 1 heterocycles. The van der Waals surface area contributed by atoms with E-state index >= 15 is 0 Å². The number of nitrogens with one attached hydrogen (secondary N) is 2. The first-order chi connectivity index (χ1) is 11.2. The lowest BCUT2D eigenvalue weighted by Crippen LogP contribution is -2.41. The van der Waals surface area contributed by atoms with Crippen LogP contribution in [-0.2, 0) is 4.74 Å². The van der Waals surface area contributed by atoms with Gasteiger partial charge in [0.15, 0.2) is 5.96 Å². The van der Waals surface area contributed by atoms with Gasteiger partial charge in [-0.2, -0.15) is 0 Å². The van der Waals surface area contributed by atoms with Crippen LogP contribution >= 0.6 is 24.0 Å². The molecule has 0 aromatic carbocycles. The van der Waals surface area contributed by atoms with Gasteiger partial charge in [0.05, 0.1) is 13.2 Å². The molecule has 2 rings (SSSR count). The Hall–Kier alpha value is -0.0800. The van der Waals surface area contributed by atoms with Crippen molar-refractivity contribution in [3.8, 4) is 0 Å². The number of hydrogen-bond donors (Lipinski definition) is 3. The normalized spacial score (nSPS) is 30.7. The molecule has 1 aliphatic heterocycles. The molecule has 24 heavy (non-hydrogen) atoms. The summed E-state index contributed by atoms with van der Waals surface area (Å²) in [6.45, 7) is 8.80. The zero-order valence-corrected chi connectivity index (χ0v) is 17.7. The second-order valence-electron chi connectivity index (χ2n) is 7.49. The SMILES string of the molecule is CCNC(=NCC1(CCO)CCOC1)NCC1CCCC(C)C1.I. The van der Waals surface area contributed by atoms with Gasteiger partial charge in [-0.1, -0.05) is 19.8 Å². The lowest BCUT2D eigenvalue weighted by molar-refractivity contribution is 0.131. The summed E-state index contributed by atoms with van der Waals surface area (Å²) in [5, 5.41) is 16.2. The van der Waals surface area contributed by atoms with E-state index in [2.05, 4.69) is 24.5 Å². The van der Waals surface area contributed by atoms with Crippen molar-refractivity contribution < 1.29 is 9.84 Å². The zero-order valence-electron chi connectivity index (χ0n) is 15.4. The molecule has 0 aromatic rings. The van der Waals surface area contributed by atoms with E-state index in [1.165, 1.54) is 25.7 Å². The highest BCUT2D eigenvalue weighted by molar-refractivity contribution is 14.0. The van der Waals surface area contributed by atoms with E-state index in [1.807, 2.05) is 0 Å². The van der Waals surface area contributed by atoms with Gasteiger partial charge in [-0.15, -0.1) is 24.0 Å². The van der Waals surface area contributed by atoms with E-state index in [9.17, 15) is 5.11 Å². The van der Waals surface area contributed by atoms with Crippen molar-refractivity contribution in [1.82, 2.24) is 10.6 Å². The molecule has 1 saturated carbocycles. The Labute approximate surface area is 164 Å². The molecular weight excluding hydrogens is 417 g/mol. The maximum Gasteiger partial charge on any atom is 0.191 e. The predicted molar refractivity (Wildman–Crippen MR) is 110 cm³/mol. The van der Waals surface area contributed by atoms with Crippen molar-refractivity contribution in [2.75, 3.05) is 39.5 Å². The minimum atomic E-state index is 0. The van der Waals surface area contributed by atoms with Crippen LogP contribution in [0, 0.1) is 17.3 Å². The number of aliphatic imine (C=N–C) groups is 1. The highest BCUT2D eigenvalue weighted by atomic mass is 127. The van der Waals surface area contributed by atoms with Crippen molar-refractivity contribution in [1.29, 1.82) is 0 Å². The minimum Gasteiger partial charge on any atom is -0.396 e. The van der Waals surface area contributed by atoms with Crippen LogP contribution in [-0.4, -0.2) is 50.5 Å². The van der Waals surface area contributed by atoms with Crippen LogP contribution in [0.25, 0.3) is 0 Å². The Bertz CT molecular complexity index is 373. The summed E-state index contributed by atoms with van der Waals surface area (Å²) in [4.78, 5) is 4.79. The van der Waals surface area contributed by atoms with Crippen molar-refractivity contribution in [2.24, 2.45) is 22.2 Å². The van der Waals surface area contributed by atoms with Crippen molar-refractivity contribution in [2.45, 2.75) is 52.4 Å². The van der Waals surface area contributed by atoms with Crippen LogP contribution in [0.2, 0.25) is 0 Å². The van der Waals surface area contributed by atoms with E-state index < -0.39 is 0 Å². The van der Waals surface area contributed by atoms with Gasteiger partial charge in [-0.3, -0.25) is 4.99 Å². The number of aliphatic hydroxyl groups excluding tert-OH is 1. The quantitative estimate of drug-likeness (QED) is 0.315. The van der Waals surface area contributed by atoms with Gasteiger partial charge in [-0.25, -0.2) is 0 Å². The van der Waals surface area contributed by atoms with Gasteiger partial charge in [0.1, 0.15) is 0 Å². The van der Waals surface area contributed by atoms with E-state index in [-0.39, 0.29) is 36.0 Å². The lowest BCUT2D eigenvalue weighted by atomic mass is 9.82. The van der Waals surface area contributed by atoms with Gasteiger partial charge in [-0.05, 0) is 44.4 Å². The molecule has 1 aliphatic carbocycles. The predicted octanol–water partition coefficient (Wildman–Crippen LogP) is 2.77. The number of halogens is 1. The number of rotatable bonds is 7. The van der Waals surface area contributed by atoms with Crippen LogP contribution in [0.1, 0.15) is 52.4 Å². The molecular formula is C18H36IN3O2. The third-order valence-electron chi connectivity index (χ3n) is 5.35. The second-order valence-corrected chi connectivity index (χ2v) is 7.49. The fourth-order valence-electron chi connectivity index (χ4n) is 3.86. The highest BCUT2D eigenvalue weighted by Gasteiger charge is 2.34. The fraction of sp³-hybridized carbons (Fsp3) is 0.944. The van der Waals surface area contributed by atoms with E-state index in [0.717, 1.165) is 63.5 Å². The Morgan fingerprint density at radius 3 is 2.79 bits per heavy atom. The largest absolute Gasteiger partial charge is 0.396 e. The molecule has 0 spiro atoms. The molecule has 142 valence electrons. The lowest BCUT2D eigenvalue weighted by Gasteiger charge is -2.28. The molecule has 0 amide bonds. The molecule has 3 unspecified atom stereocenters. The first-order valence-corrected chi connectivity index (χ1v) is 9.38. The summed E-state index contributed by atoms with van der Waals surface area (Å²) >= 11 is 0. The smallest absolute Gasteiger partial charge is 0.191 e. The highest BCUT2D eigenvalue weighted by Crippen LogP contribution is 2.32. The minimum absolute atomic E-state index is 0. The number of guanidine groups is 1. The third-order valence-corrected chi connectivity index (χ3v) is 5.35. The first-order valence-electron chi connectivity index (χ1n) is 9.38. The van der Waals surface area contributed by atoms with E-state index in [1.54, 1.807) is 0 Å². The summed E-state index contributed by atoms with van der Waals surface area (Å²) in [5.74, 6) is 2.54. The monoisotopic (exact) mass is 453 g/mol. The van der Waals surface area contributed by atoms with Gasteiger partial charge in [0, 0.05) is 31.7 Å². The summed E-state index contributed by atoms with van der Waals surface area (Å²) < 4.78 is 5.55. The van der Waals surface area contributed by atoms with Crippen molar-refractivity contribution >= 4 is 29.9 Å². The molecule has 2 fully saturated rings. The Balaban J connectivity index is 0.00000288. The summed E-state index contributed by atoms with van der Waals surface area (Å²) in [5.41, 5.74) is 0.0243. The Morgan fingerprint density at radius 1 is 1.33 bits per heavy atom. The fourth-order valence-corrected chi connectivity index (χ4v) is 3.86. The number of aliphatic hydroxyl groups is 1. The summed E-state index contributed by atoms with van der Waals surface area (Å²) in [6.07, 6.45) is 7.17. The van der Waals surface area contributed by atoms with E-state index in [4.69, 9.17) is 9.73 Å². The molecule has 5 nitrogen and oxygen atoms in total. The van der Waals surface area contributed by atoms with Gasteiger partial charge in [0.2, 0.25) is 0 Å². The van der Waals surface area contributed by atoms with Crippen LogP contribution in [0.3, 0.4) is 0 Å². The maximum absolute atomic E-state index is 9.32. The molecule has 3 N–H and O–H groups in total. The molecule has 2 aliphatic rings. The Morgan fingerprint density at radius 2 is 2.17 bits per heavy atom. The van der Waals surface area contributed by atoms with E-state index in [0.29, 0.717) is 0 Å². The number of ether oxygens (including phenoxy) is 1. The molecule has 0 radical (unpaired) electrons. The number of hydrogen-bond acceptors (Lipinski definition) is 3. The van der Waals surface area contributed by atoms with Crippen LogP contribution in [0.5, 0.6) is 0 Å². The van der Waals surface area contributed by atoms with Crippen LogP contribution in [0.4, 0.5) is 0 Å². The van der Waals surface area contributed by atoms with Gasteiger partial charge >= 0.3 is 0 Å². The van der Waals surface area contributed by atoms with Gasteiger partial charge in [0.25, 0.3) is 0 Å². The standard InChI is InChI=1S/C18H35N3O2.HI/c1-3-19-17(20-12-16-6-4-5-15(2)11-16)21-13-18(7-9-22)8-10-23-14-18;/h15-16,22H,3-14H2,1-2H3,(H2,19,20,21);1H. The van der Waals surface area contributed by atoms with Crippen molar-refractivity contribution in [3.05, 3.63) is 0 Å². The zero-order chi connectivity index (χ0) is 16.5. The number of nitrogens with zero attached hydrogens (tertiary/aromatic N) is 1. The van der Waals surface area contributed by atoms with Crippen molar-refractivity contribution in [3.63, 3.8) is 0 Å². The molecule has 6 heteroatoms. The Kier molecular flexibility index (Phi) is 10.5. The average molecular weight is 453 g/mol. The second kappa shape index (κ2) is 11.5.